The molecule has 2 nitrogen and oxygen atoms in total. The molecule has 0 aliphatic heterocycles. The van der Waals surface area contributed by atoms with Gasteiger partial charge < -0.3 is 5.11 Å². The summed E-state index contributed by atoms with van der Waals surface area (Å²) in [6.45, 7) is 0. The molecule has 2 aromatic rings. The van der Waals surface area contributed by atoms with E-state index >= 15 is 0 Å². The Hall–Kier alpha value is -2.42. The number of carboxylic acid groups (broad SMARTS) is 1. The van der Waals surface area contributed by atoms with Gasteiger partial charge in [0.25, 0.3) is 0 Å². The summed E-state index contributed by atoms with van der Waals surface area (Å²) in [6.07, 6.45) is 3.40. The van der Waals surface area contributed by atoms with Crippen LogP contribution in [0.15, 0.2) is 48.5 Å². The molecular weight excluding hydrogens is 231 g/mol. The number of halogens is 1. The first-order chi connectivity index (χ1) is 8.66. The van der Waals surface area contributed by atoms with E-state index < -0.39 is 11.8 Å². The molecule has 90 valence electrons. The van der Waals surface area contributed by atoms with Crippen molar-refractivity contribution in [3.8, 4) is 0 Å². The van der Waals surface area contributed by atoms with Crippen molar-refractivity contribution in [2.75, 3.05) is 0 Å². The molecule has 0 fully saturated rings. The highest BCUT2D eigenvalue weighted by atomic mass is 19.1. The van der Waals surface area contributed by atoms with Gasteiger partial charge in [0.05, 0.1) is 5.56 Å². The van der Waals surface area contributed by atoms with Crippen LogP contribution in [0, 0.1) is 5.82 Å². The van der Waals surface area contributed by atoms with Gasteiger partial charge in [0.2, 0.25) is 0 Å². The Balaban J connectivity index is 2.25. The molecule has 0 saturated carbocycles. The van der Waals surface area contributed by atoms with Gasteiger partial charge in [-0.15, -0.1) is 0 Å². The maximum absolute atomic E-state index is 13.6. The second kappa shape index (κ2) is 5.27. The molecule has 3 heteroatoms. The van der Waals surface area contributed by atoms with Crippen LogP contribution in [-0.4, -0.2) is 11.1 Å². The van der Waals surface area contributed by atoms with E-state index in [1.165, 1.54) is 12.1 Å². The number of benzene rings is 2. The third-order valence-corrected chi connectivity index (χ3v) is 2.50. The Labute approximate surface area is 104 Å². The van der Waals surface area contributed by atoms with Gasteiger partial charge in [-0.05, 0) is 17.7 Å². The Bertz CT molecular complexity index is 589. The summed E-state index contributed by atoms with van der Waals surface area (Å²) in [4.78, 5) is 10.7. The van der Waals surface area contributed by atoms with Crippen molar-refractivity contribution >= 4 is 18.1 Å². The van der Waals surface area contributed by atoms with E-state index in [1.807, 2.05) is 30.3 Å². The van der Waals surface area contributed by atoms with Crippen molar-refractivity contribution in [1.29, 1.82) is 0 Å². The normalized spacial score (nSPS) is 10.7. The van der Waals surface area contributed by atoms with Crippen molar-refractivity contribution in [1.82, 2.24) is 0 Å². The summed E-state index contributed by atoms with van der Waals surface area (Å²) in [5.74, 6) is -1.67. The minimum Gasteiger partial charge on any atom is -0.478 e. The summed E-state index contributed by atoms with van der Waals surface area (Å²) >= 11 is 0. The Morgan fingerprint density at radius 3 is 2.39 bits per heavy atom. The molecule has 2 aromatic carbocycles. The Morgan fingerprint density at radius 2 is 1.78 bits per heavy atom. The largest absolute Gasteiger partial charge is 0.478 e. The van der Waals surface area contributed by atoms with Gasteiger partial charge in [0, 0.05) is 5.56 Å². The quantitative estimate of drug-likeness (QED) is 0.833. The maximum Gasteiger partial charge on any atom is 0.335 e. The lowest BCUT2D eigenvalue weighted by Crippen LogP contribution is -1.97. The van der Waals surface area contributed by atoms with Gasteiger partial charge in [0.15, 0.2) is 0 Å². The fraction of sp³-hybridized carbons (Fsp3) is 0. The summed E-state index contributed by atoms with van der Waals surface area (Å²) < 4.78 is 13.6. The van der Waals surface area contributed by atoms with Crippen LogP contribution < -0.4 is 0 Å². The summed E-state index contributed by atoms with van der Waals surface area (Å²) in [5.41, 5.74) is 1.27. The SMILES string of the molecule is O=C(O)c1ccc(/C=C/c2ccccc2)c(F)c1. The summed E-state index contributed by atoms with van der Waals surface area (Å²) in [6, 6.07) is 13.4. The zero-order chi connectivity index (χ0) is 13.0. The standard InChI is InChI=1S/C15H11FO2/c16-14-10-13(15(17)18)9-8-12(14)7-6-11-4-2-1-3-5-11/h1-10H,(H,17,18)/b7-6+. The van der Waals surface area contributed by atoms with Gasteiger partial charge in [-0.25, -0.2) is 9.18 Å². The van der Waals surface area contributed by atoms with Crippen molar-refractivity contribution in [2.24, 2.45) is 0 Å². The fourth-order valence-corrected chi connectivity index (χ4v) is 1.55. The molecule has 2 rings (SSSR count). The molecule has 0 unspecified atom stereocenters. The van der Waals surface area contributed by atoms with E-state index in [-0.39, 0.29) is 5.56 Å². The monoisotopic (exact) mass is 242 g/mol. The molecule has 0 aliphatic carbocycles. The molecule has 0 heterocycles. The molecule has 0 spiro atoms. The predicted octanol–water partition coefficient (Wildman–Crippen LogP) is 3.69. The van der Waals surface area contributed by atoms with E-state index in [4.69, 9.17) is 5.11 Å². The summed E-state index contributed by atoms with van der Waals surface area (Å²) in [7, 11) is 0. The van der Waals surface area contributed by atoms with E-state index in [2.05, 4.69) is 0 Å². The number of hydrogen-bond acceptors (Lipinski definition) is 1. The molecule has 0 atom stereocenters. The minimum absolute atomic E-state index is 0.0515. The van der Waals surface area contributed by atoms with Gasteiger partial charge in [0.1, 0.15) is 5.82 Å². The zero-order valence-electron chi connectivity index (χ0n) is 9.51. The lowest BCUT2D eigenvalue weighted by molar-refractivity contribution is 0.0696. The molecule has 0 bridgehead atoms. The second-order valence-corrected chi connectivity index (χ2v) is 3.79. The van der Waals surface area contributed by atoms with Crippen LogP contribution in [0.2, 0.25) is 0 Å². The van der Waals surface area contributed by atoms with Crippen LogP contribution in [-0.2, 0) is 0 Å². The molecule has 0 saturated heterocycles. The fourth-order valence-electron chi connectivity index (χ4n) is 1.55. The maximum atomic E-state index is 13.6. The lowest BCUT2D eigenvalue weighted by atomic mass is 10.1. The van der Waals surface area contributed by atoms with Crippen LogP contribution in [0.3, 0.4) is 0 Å². The highest BCUT2D eigenvalue weighted by Crippen LogP contribution is 2.14. The zero-order valence-corrected chi connectivity index (χ0v) is 9.51. The number of carbonyl (C=O) groups is 1. The average Bonchev–Trinajstić information content (AvgIpc) is 2.38. The topological polar surface area (TPSA) is 37.3 Å². The Morgan fingerprint density at radius 1 is 1.06 bits per heavy atom. The number of rotatable bonds is 3. The van der Waals surface area contributed by atoms with Crippen molar-refractivity contribution in [3.63, 3.8) is 0 Å². The van der Waals surface area contributed by atoms with E-state index in [9.17, 15) is 9.18 Å². The van der Waals surface area contributed by atoms with Gasteiger partial charge >= 0.3 is 5.97 Å². The first-order valence-electron chi connectivity index (χ1n) is 5.43. The molecule has 1 N–H and O–H groups in total. The molecular formula is C15H11FO2. The molecule has 0 aliphatic rings. The smallest absolute Gasteiger partial charge is 0.335 e. The summed E-state index contributed by atoms with van der Waals surface area (Å²) in [5, 5.41) is 8.72. The molecule has 0 radical (unpaired) electrons. The van der Waals surface area contributed by atoms with E-state index in [1.54, 1.807) is 12.2 Å². The third-order valence-electron chi connectivity index (χ3n) is 2.50. The lowest BCUT2D eigenvalue weighted by Gasteiger charge is -1.99. The van der Waals surface area contributed by atoms with Crippen molar-refractivity contribution < 1.29 is 14.3 Å². The Kier molecular flexibility index (Phi) is 3.53. The van der Waals surface area contributed by atoms with Crippen molar-refractivity contribution in [2.45, 2.75) is 0 Å². The van der Waals surface area contributed by atoms with Crippen LogP contribution in [0.1, 0.15) is 21.5 Å². The third kappa shape index (κ3) is 2.83. The average molecular weight is 242 g/mol. The first kappa shape index (κ1) is 12.0. The van der Waals surface area contributed by atoms with E-state index in [0.29, 0.717) is 5.56 Å². The predicted molar refractivity (Wildman–Crippen MR) is 68.7 cm³/mol. The van der Waals surface area contributed by atoms with Gasteiger partial charge in [-0.3, -0.25) is 0 Å². The molecule has 0 amide bonds. The minimum atomic E-state index is -1.13. The second-order valence-electron chi connectivity index (χ2n) is 3.79. The highest BCUT2D eigenvalue weighted by molar-refractivity contribution is 5.88. The highest BCUT2D eigenvalue weighted by Gasteiger charge is 2.06. The number of aromatic carboxylic acids is 1. The van der Waals surface area contributed by atoms with Gasteiger partial charge in [-0.1, -0.05) is 48.6 Å². The molecule has 18 heavy (non-hydrogen) atoms. The number of carboxylic acids is 1. The molecule has 0 aromatic heterocycles. The van der Waals surface area contributed by atoms with Crippen LogP contribution in [0.4, 0.5) is 4.39 Å². The van der Waals surface area contributed by atoms with Crippen LogP contribution in [0.5, 0.6) is 0 Å². The van der Waals surface area contributed by atoms with Crippen molar-refractivity contribution in [3.05, 3.63) is 71.0 Å². The van der Waals surface area contributed by atoms with Crippen LogP contribution >= 0.6 is 0 Å². The van der Waals surface area contributed by atoms with Crippen LogP contribution in [0.25, 0.3) is 12.2 Å². The number of hydrogen-bond donors (Lipinski definition) is 1. The first-order valence-corrected chi connectivity index (χ1v) is 5.43. The van der Waals surface area contributed by atoms with Gasteiger partial charge in [-0.2, -0.15) is 0 Å². The van der Waals surface area contributed by atoms with E-state index in [0.717, 1.165) is 11.6 Å².